The summed E-state index contributed by atoms with van der Waals surface area (Å²) >= 11 is 0. The first-order chi connectivity index (χ1) is 13.5. The van der Waals surface area contributed by atoms with E-state index in [9.17, 15) is 14.0 Å². The Hall–Kier alpha value is -3.56. The van der Waals surface area contributed by atoms with Gasteiger partial charge in [0.05, 0.1) is 17.5 Å². The number of carbonyl (C=O) groups excluding carboxylic acids is 1. The van der Waals surface area contributed by atoms with Crippen molar-refractivity contribution in [3.8, 4) is 0 Å². The number of anilines is 2. The van der Waals surface area contributed by atoms with E-state index in [0.29, 0.717) is 0 Å². The molecule has 0 amide bonds. The van der Waals surface area contributed by atoms with Gasteiger partial charge in [-0.25, -0.2) is 23.5 Å². The Morgan fingerprint density at radius 2 is 1.93 bits per heavy atom. The zero-order valence-corrected chi connectivity index (χ0v) is 15.1. The zero-order chi connectivity index (χ0) is 20.3. The lowest BCUT2D eigenvalue weighted by Gasteiger charge is -2.16. The van der Waals surface area contributed by atoms with Gasteiger partial charge in [-0.3, -0.25) is 15.6 Å². The van der Waals surface area contributed by atoms with Crippen LogP contribution in [0.1, 0.15) is 24.2 Å². The van der Waals surface area contributed by atoms with Crippen LogP contribution in [-0.4, -0.2) is 27.1 Å². The Labute approximate surface area is 158 Å². The van der Waals surface area contributed by atoms with Crippen molar-refractivity contribution in [2.75, 3.05) is 17.5 Å². The van der Waals surface area contributed by atoms with Crippen molar-refractivity contribution in [1.82, 2.24) is 14.5 Å². The van der Waals surface area contributed by atoms with E-state index in [2.05, 4.69) is 20.8 Å². The summed E-state index contributed by atoms with van der Waals surface area (Å²) < 4.78 is 35.8. The van der Waals surface area contributed by atoms with Crippen molar-refractivity contribution in [3.63, 3.8) is 0 Å². The van der Waals surface area contributed by atoms with Gasteiger partial charge in [0.1, 0.15) is 11.3 Å². The van der Waals surface area contributed by atoms with Crippen molar-refractivity contribution in [2.24, 2.45) is 0 Å². The number of fused-ring (bicyclic) bond motifs is 1. The number of halogens is 2. The van der Waals surface area contributed by atoms with Crippen LogP contribution in [-0.2, 0) is 11.3 Å². The lowest BCUT2D eigenvalue weighted by molar-refractivity contribution is 0.0524. The molecule has 0 saturated carbocycles. The van der Waals surface area contributed by atoms with Gasteiger partial charge in [0.25, 0.3) is 0 Å². The third kappa shape index (κ3) is 3.48. The quantitative estimate of drug-likeness (QED) is 0.494. The first-order valence-corrected chi connectivity index (χ1v) is 8.49. The van der Waals surface area contributed by atoms with Crippen LogP contribution in [0.2, 0.25) is 0 Å². The summed E-state index contributed by atoms with van der Waals surface area (Å²) in [7, 11) is 0. The van der Waals surface area contributed by atoms with Crippen molar-refractivity contribution in [3.05, 3.63) is 58.1 Å². The average Bonchev–Trinajstić information content (AvgIpc) is 2.69. The Morgan fingerprint density at radius 1 is 1.21 bits per heavy atom. The highest BCUT2D eigenvalue weighted by molar-refractivity contribution is 5.94. The molecule has 0 saturated heterocycles. The van der Waals surface area contributed by atoms with Crippen LogP contribution in [0.15, 0.2) is 35.5 Å². The van der Waals surface area contributed by atoms with Crippen molar-refractivity contribution in [2.45, 2.75) is 20.4 Å². The van der Waals surface area contributed by atoms with Crippen LogP contribution in [0, 0.1) is 11.6 Å². The van der Waals surface area contributed by atoms with E-state index >= 15 is 4.39 Å². The predicted octanol–water partition coefficient (Wildman–Crippen LogP) is 2.71. The number of nitrogens with zero attached hydrogens (tertiary/aromatic N) is 3. The van der Waals surface area contributed by atoms with Gasteiger partial charge in [0, 0.05) is 25.1 Å². The van der Waals surface area contributed by atoms with E-state index in [1.807, 2.05) is 0 Å². The lowest BCUT2D eigenvalue weighted by Crippen LogP contribution is -2.22. The second kappa shape index (κ2) is 7.99. The molecule has 2 heterocycles. The summed E-state index contributed by atoms with van der Waals surface area (Å²) in [5.74, 6) is -2.75. The smallest absolute Gasteiger partial charge is 0.343 e. The summed E-state index contributed by atoms with van der Waals surface area (Å²) in [5, 5.41) is -0.260. The van der Waals surface area contributed by atoms with Gasteiger partial charge < -0.3 is 9.30 Å². The van der Waals surface area contributed by atoms with Gasteiger partial charge in [-0.05, 0) is 26.0 Å². The molecule has 2 N–H and O–H groups in total. The number of aromatic nitrogens is 3. The standard InChI is InChI=1S/C18H17F2N5O3/c1-3-25-9-11(17(27)28-4-2)16(26)10-8-12(19)14(13(20)15(10)25)23-24-18-21-6-5-7-22-18/h5-9,23H,3-4H2,1-2H3,(H,21,22,24). The Balaban J connectivity index is 2.13. The first kappa shape index (κ1) is 19.2. The first-order valence-electron chi connectivity index (χ1n) is 8.49. The van der Waals surface area contributed by atoms with Crippen molar-refractivity contribution in [1.29, 1.82) is 0 Å². The number of esters is 1. The highest BCUT2D eigenvalue weighted by atomic mass is 19.1. The average molecular weight is 389 g/mol. The van der Waals surface area contributed by atoms with Crippen LogP contribution < -0.4 is 16.3 Å². The molecule has 3 rings (SSSR count). The van der Waals surface area contributed by atoms with E-state index in [-0.39, 0.29) is 35.6 Å². The van der Waals surface area contributed by atoms with E-state index in [4.69, 9.17) is 4.74 Å². The van der Waals surface area contributed by atoms with E-state index < -0.39 is 28.7 Å². The molecule has 0 radical (unpaired) electrons. The molecular weight excluding hydrogens is 372 g/mol. The summed E-state index contributed by atoms with van der Waals surface area (Å²) in [4.78, 5) is 32.4. The Bertz CT molecular complexity index is 1090. The fourth-order valence-electron chi connectivity index (χ4n) is 2.69. The molecule has 0 unspecified atom stereocenters. The fourth-order valence-corrected chi connectivity index (χ4v) is 2.69. The predicted molar refractivity (Wildman–Crippen MR) is 99.0 cm³/mol. The minimum absolute atomic E-state index is 0.0707. The van der Waals surface area contributed by atoms with E-state index in [1.54, 1.807) is 19.9 Å². The van der Waals surface area contributed by atoms with Crippen LogP contribution in [0.3, 0.4) is 0 Å². The van der Waals surface area contributed by atoms with E-state index in [0.717, 1.165) is 6.07 Å². The number of hydrogen-bond acceptors (Lipinski definition) is 7. The molecule has 3 aromatic rings. The van der Waals surface area contributed by atoms with Crippen molar-refractivity contribution >= 4 is 28.5 Å². The van der Waals surface area contributed by atoms with Gasteiger partial charge in [0.2, 0.25) is 11.4 Å². The molecule has 0 spiro atoms. The van der Waals surface area contributed by atoms with Gasteiger partial charge >= 0.3 is 5.97 Å². The molecule has 0 aliphatic carbocycles. The van der Waals surface area contributed by atoms with Crippen LogP contribution in [0.4, 0.5) is 20.4 Å². The highest BCUT2D eigenvalue weighted by Gasteiger charge is 2.22. The molecule has 2 aromatic heterocycles. The Kier molecular flexibility index (Phi) is 5.48. The maximum Gasteiger partial charge on any atom is 0.343 e. The molecule has 146 valence electrons. The van der Waals surface area contributed by atoms with E-state index in [1.165, 1.54) is 23.2 Å². The number of benzene rings is 1. The number of carbonyl (C=O) groups is 1. The third-order valence-electron chi connectivity index (χ3n) is 3.95. The molecule has 0 bridgehead atoms. The van der Waals surface area contributed by atoms with Gasteiger partial charge in [-0.1, -0.05) is 0 Å². The third-order valence-corrected chi connectivity index (χ3v) is 3.95. The normalized spacial score (nSPS) is 10.7. The van der Waals surface area contributed by atoms with Gasteiger partial charge in [0.15, 0.2) is 11.6 Å². The Morgan fingerprint density at radius 3 is 2.57 bits per heavy atom. The molecule has 0 aliphatic rings. The van der Waals surface area contributed by atoms with Gasteiger partial charge in [-0.2, -0.15) is 0 Å². The number of pyridine rings is 1. The number of aryl methyl sites for hydroxylation is 1. The second-order valence-corrected chi connectivity index (χ2v) is 5.64. The summed E-state index contributed by atoms with van der Waals surface area (Å²) in [5.41, 5.74) is 3.14. The molecule has 28 heavy (non-hydrogen) atoms. The summed E-state index contributed by atoms with van der Waals surface area (Å²) in [6.07, 6.45) is 4.12. The zero-order valence-electron chi connectivity index (χ0n) is 15.1. The molecular formula is C18H17F2N5O3. The second-order valence-electron chi connectivity index (χ2n) is 5.64. The maximum absolute atomic E-state index is 15.1. The van der Waals surface area contributed by atoms with Crippen LogP contribution >= 0.6 is 0 Å². The minimum Gasteiger partial charge on any atom is -0.462 e. The number of ether oxygens (including phenoxy) is 1. The van der Waals surface area contributed by atoms with Crippen LogP contribution in [0.5, 0.6) is 0 Å². The lowest BCUT2D eigenvalue weighted by atomic mass is 10.1. The molecule has 0 aliphatic heterocycles. The summed E-state index contributed by atoms with van der Waals surface area (Å²) in [6, 6.07) is 2.47. The number of hydrazine groups is 1. The minimum atomic E-state index is -1.02. The largest absolute Gasteiger partial charge is 0.462 e. The van der Waals surface area contributed by atoms with Gasteiger partial charge in [-0.15, -0.1) is 0 Å². The molecule has 0 fully saturated rings. The maximum atomic E-state index is 15.1. The van der Waals surface area contributed by atoms with Crippen LogP contribution in [0.25, 0.3) is 10.9 Å². The summed E-state index contributed by atoms with van der Waals surface area (Å²) in [6.45, 7) is 3.60. The highest BCUT2D eigenvalue weighted by Crippen LogP contribution is 2.27. The number of nitrogens with one attached hydrogen (secondary N) is 2. The molecule has 10 heteroatoms. The fraction of sp³-hybridized carbons (Fsp3) is 0.222. The molecule has 1 aromatic carbocycles. The monoisotopic (exact) mass is 389 g/mol. The molecule has 8 nitrogen and oxygen atoms in total. The van der Waals surface area contributed by atoms with Crippen molar-refractivity contribution < 1.29 is 18.3 Å². The molecule has 0 atom stereocenters. The number of rotatable bonds is 6. The number of hydrogen-bond donors (Lipinski definition) is 2. The topological polar surface area (TPSA) is 98.1 Å². The SMILES string of the molecule is CCOC(=O)c1cn(CC)c2c(F)c(NNc3ncccn3)c(F)cc2c1=O.